The number of hydrogen-bond acceptors (Lipinski definition) is 10. The maximum Gasteiger partial charge on any atom is 0.226 e. The van der Waals surface area contributed by atoms with Gasteiger partial charge in [0.05, 0.1) is 43.4 Å². The highest BCUT2D eigenvalue weighted by Gasteiger charge is 2.73. The highest BCUT2D eigenvalue weighted by molar-refractivity contribution is 6.00. The zero-order valence-electron chi connectivity index (χ0n) is 68.2. The molecule has 0 unspecified atom stereocenters. The molecule has 0 radical (unpaired) electrons. The van der Waals surface area contributed by atoms with E-state index in [2.05, 4.69) is 151 Å². The number of rotatable bonds is 3. The molecule has 15 aliphatic carbocycles. The van der Waals surface area contributed by atoms with E-state index < -0.39 is 18.3 Å². The molecule has 9 fully saturated rings. The van der Waals surface area contributed by atoms with Gasteiger partial charge in [0.25, 0.3) is 0 Å². The first-order chi connectivity index (χ1) is 48.5. The fourth-order valence-electron chi connectivity index (χ4n) is 30.5. The van der Waals surface area contributed by atoms with Gasteiger partial charge >= 0.3 is 0 Å². The van der Waals surface area contributed by atoms with Crippen molar-refractivity contribution in [3.05, 3.63) is 98.5 Å². The number of aromatic nitrogens is 1. The average molecular weight is 1450 g/mol. The molecular weight excluding hydrogens is 1300 g/mol. The van der Waals surface area contributed by atoms with Crippen LogP contribution in [0.3, 0.4) is 0 Å². The Bertz CT molecular complexity index is 3810. The number of aliphatic hydroxyl groups excluding tert-OH is 7. The lowest BCUT2D eigenvalue weighted by atomic mass is 9.34. The molecule has 0 saturated heterocycles. The molecule has 12 nitrogen and oxygen atoms in total. The molecule has 1 aromatic rings. The van der Waals surface area contributed by atoms with Crippen molar-refractivity contribution in [3.63, 3.8) is 0 Å². The number of carbonyl (C=O) groups excluding carboxylic acids is 1. The molecule has 0 spiro atoms. The minimum Gasteiger partial charge on any atom is -0.523 e. The monoisotopic (exact) mass is 1450 g/mol. The fourth-order valence-corrected chi connectivity index (χ4v) is 30.5. The summed E-state index contributed by atoms with van der Waals surface area (Å²) < 4.78 is 11.5. The highest BCUT2D eigenvalue weighted by Crippen LogP contribution is 2.79. The van der Waals surface area contributed by atoms with E-state index in [0.717, 1.165) is 128 Å². The first kappa shape index (κ1) is 80.6. The Morgan fingerprint density at radius 3 is 1.24 bits per heavy atom. The molecule has 0 bridgehead atoms. The van der Waals surface area contributed by atoms with E-state index in [1.807, 2.05) is 19.2 Å². The number of nitrogens with zero attached hydrogens (tertiary/aromatic N) is 3. The van der Waals surface area contributed by atoms with Gasteiger partial charge in [-0.25, -0.2) is 9.69 Å². The third kappa shape index (κ3) is 11.1. The van der Waals surface area contributed by atoms with Gasteiger partial charge in [0.15, 0.2) is 5.78 Å². The summed E-state index contributed by atoms with van der Waals surface area (Å²) in [4.78, 5) is 20.2. The van der Waals surface area contributed by atoms with Crippen LogP contribution in [0.4, 0.5) is 0 Å². The van der Waals surface area contributed by atoms with E-state index in [9.17, 15) is 40.5 Å². The van der Waals surface area contributed by atoms with E-state index in [4.69, 9.17) is 19.0 Å². The van der Waals surface area contributed by atoms with Gasteiger partial charge < -0.3 is 45.1 Å². The van der Waals surface area contributed by atoms with Gasteiger partial charge in [-0.3, -0.25) is 0 Å². The van der Waals surface area contributed by atoms with Crippen LogP contribution in [0, 0.1) is 159 Å². The lowest BCUT2D eigenvalue weighted by Crippen LogP contribution is -2.65. The molecule has 1 aromatic heterocycles. The zero-order chi connectivity index (χ0) is 76.1. The molecule has 105 heavy (non-hydrogen) atoms. The minimum absolute atomic E-state index is 0. The summed E-state index contributed by atoms with van der Waals surface area (Å²) in [6, 6.07) is 0. The van der Waals surface area contributed by atoms with Crippen molar-refractivity contribution in [2.75, 3.05) is 19.8 Å². The van der Waals surface area contributed by atoms with Gasteiger partial charge in [0.2, 0.25) is 11.4 Å². The molecule has 16 rings (SSSR count). The maximum atomic E-state index is 12.9. The van der Waals surface area contributed by atoms with Crippen LogP contribution >= 0.6 is 0 Å². The second-order valence-corrected chi connectivity index (χ2v) is 43.0. The van der Waals surface area contributed by atoms with Crippen molar-refractivity contribution in [3.8, 4) is 0 Å². The number of Topliss-reactive ketones (excluding diaryl/α,β-unsaturated/α-hetero) is 1. The van der Waals surface area contributed by atoms with Crippen LogP contribution in [0.5, 0.6) is 0 Å². The van der Waals surface area contributed by atoms with Crippen LogP contribution in [0.1, 0.15) is 307 Å². The fraction of sp³-hybridized carbons (Fsp3) is 0.828. The second-order valence-electron chi connectivity index (χ2n) is 43.0. The predicted molar refractivity (Wildman–Crippen MR) is 421 cm³/mol. The lowest BCUT2D eigenvalue weighted by molar-refractivity contribution is -0.195. The lowest BCUT2D eigenvalue weighted by Gasteiger charge is -2.70. The molecule has 1 heterocycles. The van der Waals surface area contributed by atoms with Crippen LogP contribution in [0.15, 0.2) is 68.9 Å². The molecule has 9 saturated carbocycles. The first-order valence-corrected chi connectivity index (χ1v) is 40.9. The molecule has 15 aliphatic rings. The zero-order valence-corrected chi connectivity index (χ0v) is 67.2. The van der Waals surface area contributed by atoms with Gasteiger partial charge in [-0.1, -0.05) is 193 Å². The van der Waals surface area contributed by atoms with Gasteiger partial charge in [-0.15, -0.1) is 0 Å². The quantitative estimate of drug-likeness (QED) is 0.113. The molecule has 586 valence electrons. The Morgan fingerprint density at radius 1 is 0.486 bits per heavy atom. The molecule has 0 amide bonds. The number of carbonyl (C=O) groups is 1. The van der Waals surface area contributed by atoms with Crippen LogP contribution in [0.2, 0.25) is 0 Å². The number of hydrogen-bond donors (Lipinski definition) is 7. The van der Waals surface area contributed by atoms with E-state index in [1.54, 1.807) is 0 Å². The molecule has 0 aromatic carbocycles. The number of aliphatic hydroxyl groups is 7. The van der Waals surface area contributed by atoms with Crippen molar-refractivity contribution < 1.29 is 46.4 Å². The van der Waals surface area contributed by atoms with Crippen LogP contribution in [-0.2, 0) is 11.2 Å². The van der Waals surface area contributed by atoms with Gasteiger partial charge in [0.1, 0.15) is 5.76 Å². The molecule has 0 aliphatic heterocycles. The summed E-state index contributed by atoms with van der Waals surface area (Å²) in [7, 11) is 1.25. The number of ketones is 1. The van der Waals surface area contributed by atoms with E-state index in [1.165, 1.54) is 48.9 Å². The van der Waals surface area contributed by atoms with Crippen molar-refractivity contribution in [2.45, 2.75) is 319 Å². The summed E-state index contributed by atoms with van der Waals surface area (Å²) in [5.41, 5.74) is 5.99. The van der Waals surface area contributed by atoms with E-state index in [-0.39, 0.29) is 169 Å². The first-order valence-electron chi connectivity index (χ1n) is 41.9. The SMILES string of the molecule is C.C.C[C@@H]1c2oncc2C[C@]2(C)C3=C[C@@H](O)[C@@H]4[C@@H]5CC(C)(C)CC[C@]5(CO)CC[C@@]4(C)[C@]3(C)CC[C@@H]12.[3H]C.[C-]#[N+]C1=C(O)[C@@H](C)[C@@H]2CC[C@]3(C)C(=C[C@@H](O)[C@@H]4[C@@H]5CC(C)(C)CC[C@]5(CO)CC[C@]43C)[C@@]2(C)C1.[C-]#[N+]C1=C[C@]2(C)C3=C[C@@H](O)[C@@H]4[C@@H]5CC(C)(C)CC[C@]5(CO)CC[C@@]4(C)[C@]3(C)CC[C@H]2[C@H](C)C1=O. The predicted octanol–water partition coefficient (Wildman–Crippen LogP) is 20.8. The molecule has 27 atom stereocenters. The topological polar surface area (TPSA) is 193 Å². The van der Waals surface area contributed by atoms with Crippen molar-refractivity contribution in [1.29, 1.82) is 0 Å². The summed E-state index contributed by atoms with van der Waals surface area (Å²) in [5, 5.41) is 82.7. The Morgan fingerprint density at radius 2 is 0.848 bits per heavy atom. The maximum absolute atomic E-state index is 12.9. The van der Waals surface area contributed by atoms with Gasteiger partial charge in [0, 0.05) is 49.9 Å². The number of fused-ring (bicyclic) bond motifs is 22. The summed E-state index contributed by atoms with van der Waals surface area (Å²) in [5.74, 6) is 3.99. The molecule has 7 N–H and O–H groups in total. The largest absolute Gasteiger partial charge is 0.523 e. The molecular formula is C93H145N3O9. The van der Waals surface area contributed by atoms with Crippen LogP contribution in [0.25, 0.3) is 9.69 Å². The van der Waals surface area contributed by atoms with Crippen molar-refractivity contribution in [1.82, 2.24) is 5.16 Å². The van der Waals surface area contributed by atoms with Crippen LogP contribution < -0.4 is 0 Å². The van der Waals surface area contributed by atoms with Crippen molar-refractivity contribution in [2.24, 2.45) is 146 Å². The molecule has 12 heteroatoms. The smallest absolute Gasteiger partial charge is 0.226 e. The normalized spacial score (nSPS) is 50.2. The Kier molecular flexibility index (Phi) is 20.3. The summed E-state index contributed by atoms with van der Waals surface area (Å²) >= 11 is 0. The number of allylic oxidation sites excluding steroid dienone is 7. The van der Waals surface area contributed by atoms with Gasteiger partial charge in [-0.2, -0.15) is 0 Å². The Hall–Kier alpha value is -3.88. The van der Waals surface area contributed by atoms with E-state index >= 15 is 0 Å². The third-order valence-corrected chi connectivity index (χ3v) is 37.3. The summed E-state index contributed by atoms with van der Waals surface area (Å²) in [6.45, 7) is 58.4. The van der Waals surface area contributed by atoms with E-state index in [0.29, 0.717) is 47.6 Å². The van der Waals surface area contributed by atoms with Gasteiger partial charge in [-0.05, 0) is 277 Å². The Balaban J connectivity index is 0.000000155. The standard InChI is InChI=1S/2C30H45NO3.C30H43NO3.3CH4/c1-18-20-7-8-28(5)23(27(20,4)14-19-16-31-34-25(18)19)13-22(33)24-21-15-26(2,3)9-11-30(21,17-32)12-10-29(24,28)6;2*1-18-19-8-9-28(5)23(27(19,4)16-21(31-7)25(18)34)14-22(33)24-20-15-26(2,3)10-12-30(20,17-32)13-11-29(24,28)6;;;/h13,16,18,20-22,24,32-33H,7-12,14-15,17H2,1-6H3;14,18-20,22,24,32-34H,8-13,15-17H2,1-6H3;14,16,18-20,22,24,32-33H,8-13,15,17H2,1-6H3;3*1H4/t18-,20-,21-,22+,24-,27-,28+,29+,30+;2*18-,19-,20-,22+,24-,27-,28+,29+,30+;;;/m000.../s1/i;;;1T;;. The van der Waals surface area contributed by atoms with Crippen molar-refractivity contribution >= 4 is 5.78 Å². The minimum atomic E-state index is -0.563. The highest BCUT2D eigenvalue weighted by atomic mass is 16.5. The second kappa shape index (κ2) is 26.4. The summed E-state index contributed by atoms with van der Waals surface area (Å²) in [6.07, 6.45) is 33.2. The third-order valence-electron chi connectivity index (χ3n) is 37.3. The average Bonchev–Trinajstić information content (AvgIpc) is 0.703. The van der Waals surface area contributed by atoms with Crippen LogP contribution in [-0.4, -0.2) is 84.8 Å². The Labute approximate surface area is 637 Å².